The van der Waals surface area contributed by atoms with Crippen molar-refractivity contribution in [2.45, 2.75) is 25.7 Å². The summed E-state index contributed by atoms with van der Waals surface area (Å²) >= 11 is 3.80. The highest BCUT2D eigenvalue weighted by atomic mass is 32.1. The summed E-state index contributed by atoms with van der Waals surface area (Å²) < 4.78 is 2.58. The predicted octanol–water partition coefficient (Wildman–Crippen LogP) is 1.36. The van der Waals surface area contributed by atoms with Gasteiger partial charge in [0, 0.05) is 12.4 Å². The van der Waals surface area contributed by atoms with Gasteiger partial charge in [-0.15, -0.1) is 0 Å². The van der Waals surface area contributed by atoms with Crippen molar-refractivity contribution >= 4 is 20.4 Å². The Bertz CT molecular complexity index is 41.0. The van der Waals surface area contributed by atoms with Gasteiger partial charge in [-0.3, -0.25) is 4.27 Å². The molecule has 1 aliphatic rings. The molecule has 0 atom stereocenters. The summed E-state index contributed by atoms with van der Waals surface area (Å²) in [6.07, 6.45) is 6.00. The van der Waals surface area contributed by atoms with Crippen molar-refractivity contribution in [1.29, 1.82) is 0 Å². The molecular formula is C4H8BNS. The van der Waals surface area contributed by atoms with E-state index in [1.807, 2.05) is 0 Å². The van der Waals surface area contributed by atoms with Gasteiger partial charge < -0.3 is 0 Å². The molecule has 0 saturated heterocycles. The molecule has 0 spiro atoms. The van der Waals surface area contributed by atoms with Crippen LogP contribution in [-0.4, -0.2) is 7.98 Å². The van der Waals surface area contributed by atoms with Gasteiger partial charge in [-0.2, -0.15) is 0 Å². The summed E-state index contributed by atoms with van der Waals surface area (Å²) in [7, 11) is 4.29. The van der Waals surface area contributed by atoms with Crippen molar-refractivity contribution in [1.82, 2.24) is 0 Å². The van der Waals surface area contributed by atoms with Crippen LogP contribution < -0.4 is 0 Å². The van der Waals surface area contributed by atoms with Crippen LogP contribution in [0.15, 0.2) is 4.27 Å². The molecule has 1 aliphatic carbocycles. The first kappa shape index (κ1) is 7.08. The third-order valence-corrected chi connectivity index (χ3v) is 1.000. The summed E-state index contributed by atoms with van der Waals surface area (Å²) in [6.45, 7) is 0. The van der Waals surface area contributed by atoms with E-state index in [1.165, 1.54) is 25.7 Å². The maximum atomic E-state index is 4.29. The lowest BCUT2D eigenvalue weighted by Crippen LogP contribution is -1.85. The minimum Gasteiger partial charge on any atom is -0.297 e. The van der Waals surface area contributed by atoms with Crippen LogP contribution in [0, 0.1) is 0 Å². The lowest BCUT2D eigenvalue weighted by Gasteiger charge is -2.05. The summed E-state index contributed by atoms with van der Waals surface area (Å²) in [5.74, 6) is 0. The molecule has 0 aromatic rings. The molecule has 1 nitrogen and oxygen atoms in total. The highest BCUT2D eigenvalue weighted by Gasteiger charge is 1.95. The Hall–Kier alpha value is 0.0849. The average molecular weight is 113 g/mol. The standard InChI is InChI=1S/C4H8.BNS/c1-2-4-3-1;1-2-3/h1-4H2;. The Labute approximate surface area is 51.1 Å². The number of hydrogen-bond donors (Lipinski definition) is 0. The Kier molecular flexibility index (Phi) is 6.16. The third kappa shape index (κ3) is 6.08. The number of nitrogens with zero attached hydrogens (tertiary/aromatic N) is 1. The van der Waals surface area contributed by atoms with Gasteiger partial charge in [0.25, 0.3) is 7.98 Å². The van der Waals surface area contributed by atoms with Crippen molar-refractivity contribution in [3.63, 3.8) is 0 Å². The van der Waals surface area contributed by atoms with E-state index in [-0.39, 0.29) is 0 Å². The van der Waals surface area contributed by atoms with E-state index in [0.29, 0.717) is 0 Å². The molecule has 1 fully saturated rings. The van der Waals surface area contributed by atoms with E-state index in [9.17, 15) is 0 Å². The van der Waals surface area contributed by atoms with Gasteiger partial charge in [-0.1, -0.05) is 25.7 Å². The largest absolute Gasteiger partial charge is 0.297 e. The second-order valence-corrected chi connectivity index (χ2v) is 1.73. The van der Waals surface area contributed by atoms with Crippen LogP contribution in [0.4, 0.5) is 0 Å². The highest BCUT2D eigenvalue weighted by molar-refractivity contribution is 7.48. The Morgan fingerprint density at radius 1 is 1.14 bits per heavy atom. The quantitative estimate of drug-likeness (QED) is 0.432. The summed E-state index contributed by atoms with van der Waals surface area (Å²) in [4.78, 5) is 0. The Morgan fingerprint density at radius 2 is 1.29 bits per heavy atom. The van der Waals surface area contributed by atoms with Crippen LogP contribution in [-0.2, 0) is 12.4 Å². The third-order valence-electron chi connectivity index (χ3n) is 1.000. The van der Waals surface area contributed by atoms with Crippen molar-refractivity contribution in [3.05, 3.63) is 0 Å². The fourth-order valence-electron chi connectivity index (χ4n) is 0.250. The zero-order valence-electron chi connectivity index (χ0n) is 4.26. The molecule has 0 bridgehead atoms. The van der Waals surface area contributed by atoms with E-state index >= 15 is 0 Å². The fourth-order valence-corrected chi connectivity index (χ4v) is 0.250. The minimum absolute atomic E-state index is 1.50. The molecule has 0 amide bonds. The summed E-state index contributed by atoms with van der Waals surface area (Å²) in [5, 5.41) is 0. The van der Waals surface area contributed by atoms with Crippen LogP contribution in [0.25, 0.3) is 0 Å². The molecule has 1 saturated carbocycles. The molecule has 2 radical (unpaired) electrons. The minimum atomic E-state index is 1.50. The van der Waals surface area contributed by atoms with E-state index in [1.54, 1.807) is 0 Å². The van der Waals surface area contributed by atoms with Crippen molar-refractivity contribution in [3.8, 4) is 0 Å². The molecular weight excluding hydrogens is 105 g/mol. The molecule has 0 unspecified atom stereocenters. The highest BCUT2D eigenvalue weighted by Crippen LogP contribution is 2.15. The van der Waals surface area contributed by atoms with Crippen LogP contribution in [0.2, 0.25) is 0 Å². The van der Waals surface area contributed by atoms with Crippen molar-refractivity contribution in [2.75, 3.05) is 0 Å². The van der Waals surface area contributed by atoms with Crippen LogP contribution in [0.1, 0.15) is 25.7 Å². The Morgan fingerprint density at radius 3 is 1.29 bits per heavy atom. The zero-order chi connectivity index (χ0) is 5.54. The van der Waals surface area contributed by atoms with E-state index < -0.39 is 0 Å². The van der Waals surface area contributed by atoms with E-state index in [4.69, 9.17) is 0 Å². The topological polar surface area (TPSA) is 12.4 Å². The first-order chi connectivity index (χ1) is 3.41. The van der Waals surface area contributed by atoms with Gasteiger partial charge in [0.1, 0.15) is 0 Å². The SMILES string of the molecule is C1CCC1.[B]N=S. The fraction of sp³-hybridized carbons (Fsp3) is 1.00. The monoisotopic (exact) mass is 113 g/mol. The molecule has 0 aliphatic heterocycles. The molecule has 1 rings (SSSR count). The number of rotatable bonds is 0. The maximum absolute atomic E-state index is 4.29. The van der Waals surface area contributed by atoms with Crippen molar-refractivity contribution in [2.24, 2.45) is 4.27 Å². The van der Waals surface area contributed by atoms with Gasteiger partial charge in [0.05, 0.1) is 0 Å². The van der Waals surface area contributed by atoms with Crippen LogP contribution >= 0.6 is 0 Å². The molecule has 0 heterocycles. The average Bonchev–Trinajstić information content (AvgIpc) is 1.27. The summed E-state index contributed by atoms with van der Waals surface area (Å²) in [5.41, 5.74) is 0. The van der Waals surface area contributed by atoms with Gasteiger partial charge in [-0.05, 0) is 0 Å². The van der Waals surface area contributed by atoms with Gasteiger partial charge in [0.15, 0.2) is 0 Å². The van der Waals surface area contributed by atoms with Gasteiger partial charge in [0.2, 0.25) is 0 Å². The Balaban J connectivity index is 0.000000110. The lowest BCUT2D eigenvalue weighted by atomic mass is 10.0. The zero-order valence-corrected chi connectivity index (χ0v) is 5.08. The maximum Gasteiger partial charge on any atom is 0.279 e. The smallest absolute Gasteiger partial charge is 0.279 e. The second-order valence-electron chi connectivity index (χ2n) is 1.52. The first-order valence-electron chi connectivity index (χ1n) is 2.44. The van der Waals surface area contributed by atoms with Crippen LogP contribution in [0.3, 0.4) is 0 Å². The first-order valence-corrected chi connectivity index (χ1v) is 2.81. The normalized spacial score (nSPS) is 15.4. The molecule has 0 aromatic heterocycles. The molecule has 0 N–H and O–H groups in total. The van der Waals surface area contributed by atoms with Crippen molar-refractivity contribution < 1.29 is 0 Å². The molecule has 38 valence electrons. The number of hydrogen-bond acceptors (Lipinski definition) is 2. The van der Waals surface area contributed by atoms with E-state index in [0.717, 1.165) is 0 Å². The molecule has 3 heteroatoms. The summed E-state index contributed by atoms with van der Waals surface area (Å²) in [6, 6.07) is 0. The molecule has 7 heavy (non-hydrogen) atoms. The predicted molar refractivity (Wildman–Crippen MR) is 34.0 cm³/mol. The van der Waals surface area contributed by atoms with Gasteiger partial charge in [-0.25, -0.2) is 0 Å². The molecule has 0 aromatic carbocycles. The lowest BCUT2D eigenvalue weighted by molar-refractivity contribution is 0.504. The second kappa shape index (κ2) is 6.08. The van der Waals surface area contributed by atoms with Crippen LogP contribution in [0.5, 0.6) is 0 Å². The van der Waals surface area contributed by atoms with E-state index in [2.05, 4.69) is 24.7 Å². The van der Waals surface area contributed by atoms with Gasteiger partial charge >= 0.3 is 0 Å².